The third kappa shape index (κ3) is 4.17. The van der Waals surface area contributed by atoms with Crippen LogP contribution in [-0.4, -0.2) is 22.2 Å². The van der Waals surface area contributed by atoms with E-state index in [2.05, 4.69) is 15.1 Å². The fourth-order valence-corrected chi connectivity index (χ4v) is 2.31. The van der Waals surface area contributed by atoms with Crippen LogP contribution in [0, 0.1) is 0 Å². The summed E-state index contributed by atoms with van der Waals surface area (Å²) in [5, 5.41) is 4.33. The van der Waals surface area contributed by atoms with Crippen LogP contribution in [0.25, 0.3) is 11.0 Å². The molecule has 0 aliphatic carbocycles. The van der Waals surface area contributed by atoms with Crippen LogP contribution in [0.2, 0.25) is 5.02 Å². The second-order valence-electron chi connectivity index (χ2n) is 4.96. The summed E-state index contributed by atoms with van der Waals surface area (Å²) in [4.78, 5) is 24.0. The number of halogens is 1. The van der Waals surface area contributed by atoms with Crippen molar-refractivity contribution in [2.24, 2.45) is 5.16 Å². The summed E-state index contributed by atoms with van der Waals surface area (Å²) in [6.07, 6.45) is 2.13. The number of fused-ring (bicyclic) bond motifs is 1. The standard InChI is InChI=1S/C17H14ClN3O2/c18-13-6-7-14-15(11-13)21-16(20-14)8-9-19-23-17(22)10-12-4-2-1-3-5-12/h1-7,9,11H,8,10H2,(H,20,21). The number of H-pyrrole nitrogens is 1. The summed E-state index contributed by atoms with van der Waals surface area (Å²) < 4.78 is 0. The van der Waals surface area contributed by atoms with Crippen molar-refractivity contribution in [3.05, 3.63) is 64.9 Å². The number of carbonyl (C=O) groups excluding carboxylic acids is 1. The first-order chi connectivity index (χ1) is 11.2. The molecular formula is C17H14ClN3O2. The van der Waals surface area contributed by atoms with E-state index in [0.29, 0.717) is 11.4 Å². The molecule has 0 bridgehead atoms. The van der Waals surface area contributed by atoms with Gasteiger partial charge < -0.3 is 9.82 Å². The predicted molar refractivity (Wildman–Crippen MR) is 89.5 cm³/mol. The molecule has 0 saturated heterocycles. The SMILES string of the molecule is O=C(Cc1ccccc1)ON=CCc1nc2cc(Cl)ccc2[nH]1. The Labute approximate surface area is 137 Å². The fraction of sp³-hybridized carbons (Fsp3) is 0.118. The number of oxime groups is 1. The lowest BCUT2D eigenvalue weighted by molar-refractivity contribution is -0.142. The van der Waals surface area contributed by atoms with E-state index in [9.17, 15) is 4.79 Å². The summed E-state index contributed by atoms with van der Waals surface area (Å²) in [6, 6.07) is 14.8. The zero-order valence-electron chi connectivity index (χ0n) is 12.2. The molecule has 0 aliphatic heterocycles. The van der Waals surface area contributed by atoms with E-state index in [-0.39, 0.29) is 6.42 Å². The minimum atomic E-state index is -0.399. The van der Waals surface area contributed by atoms with Crippen LogP contribution in [0.1, 0.15) is 11.4 Å². The molecule has 0 aliphatic rings. The van der Waals surface area contributed by atoms with E-state index in [1.165, 1.54) is 6.21 Å². The third-order valence-electron chi connectivity index (χ3n) is 3.20. The highest BCUT2D eigenvalue weighted by atomic mass is 35.5. The molecule has 5 nitrogen and oxygen atoms in total. The molecule has 0 unspecified atom stereocenters. The minimum absolute atomic E-state index is 0.196. The Kier molecular flexibility index (Phi) is 4.68. The Morgan fingerprint density at radius 2 is 2.09 bits per heavy atom. The lowest BCUT2D eigenvalue weighted by atomic mass is 10.2. The third-order valence-corrected chi connectivity index (χ3v) is 3.43. The topological polar surface area (TPSA) is 67.3 Å². The highest BCUT2D eigenvalue weighted by Crippen LogP contribution is 2.17. The lowest BCUT2D eigenvalue weighted by Crippen LogP contribution is -2.04. The van der Waals surface area contributed by atoms with Crippen LogP contribution in [0.15, 0.2) is 53.7 Å². The summed E-state index contributed by atoms with van der Waals surface area (Å²) in [7, 11) is 0. The fourth-order valence-electron chi connectivity index (χ4n) is 2.14. The largest absolute Gasteiger partial charge is 0.342 e. The maximum atomic E-state index is 11.6. The molecule has 0 amide bonds. The molecule has 1 N–H and O–H groups in total. The van der Waals surface area contributed by atoms with Crippen molar-refractivity contribution in [1.82, 2.24) is 9.97 Å². The summed E-state index contributed by atoms with van der Waals surface area (Å²) in [6.45, 7) is 0. The van der Waals surface area contributed by atoms with Crippen molar-refractivity contribution < 1.29 is 9.63 Å². The van der Waals surface area contributed by atoms with E-state index >= 15 is 0 Å². The van der Waals surface area contributed by atoms with Gasteiger partial charge in [0.25, 0.3) is 0 Å². The van der Waals surface area contributed by atoms with Gasteiger partial charge in [-0.15, -0.1) is 0 Å². The molecule has 0 saturated carbocycles. The van der Waals surface area contributed by atoms with E-state index in [1.54, 1.807) is 12.1 Å². The second-order valence-corrected chi connectivity index (χ2v) is 5.40. The normalized spacial score (nSPS) is 11.2. The molecule has 0 atom stereocenters. The molecular weight excluding hydrogens is 314 g/mol. The Morgan fingerprint density at radius 1 is 1.26 bits per heavy atom. The number of imidazole rings is 1. The van der Waals surface area contributed by atoms with Gasteiger partial charge >= 0.3 is 5.97 Å². The van der Waals surface area contributed by atoms with Gasteiger partial charge in [0.2, 0.25) is 0 Å². The number of nitrogens with one attached hydrogen (secondary N) is 1. The number of aromatic amines is 1. The molecule has 0 radical (unpaired) electrons. The molecule has 2 aromatic carbocycles. The van der Waals surface area contributed by atoms with E-state index in [0.717, 1.165) is 22.4 Å². The highest BCUT2D eigenvalue weighted by Gasteiger charge is 2.04. The zero-order chi connectivity index (χ0) is 16.1. The molecule has 0 spiro atoms. The molecule has 1 aromatic heterocycles. The van der Waals surface area contributed by atoms with Crippen LogP contribution >= 0.6 is 11.6 Å². The number of carbonyl (C=O) groups is 1. The van der Waals surface area contributed by atoms with E-state index < -0.39 is 5.97 Å². The second kappa shape index (κ2) is 7.07. The average Bonchev–Trinajstić information content (AvgIpc) is 2.94. The Balaban J connectivity index is 1.53. The molecule has 23 heavy (non-hydrogen) atoms. The maximum absolute atomic E-state index is 11.6. The van der Waals surface area contributed by atoms with Crippen molar-refractivity contribution in [2.75, 3.05) is 0 Å². The number of nitrogens with zero attached hydrogens (tertiary/aromatic N) is 2. The smallest absolute Gasteiger partial charge is 0.339 e. The summed E-state index contributed by atoms with van der Waals surface area (Å²) >= 11 is 5.92. The highest BCUT2D eigenvalue weighted by molar-refractivity contribution is 6.31. The number of hydrogen-bond acceptors (Lipinski definition) is 4. The van der Waals surface area contributed by atoms with E-state index in [1.807, 2.05) is 36.4 Å². The van der Waals surface area contributed by atoms with Gasteiger partial charge in [-0.1, -0.05) is 47.1 Å². The van der Waals surface area contributed by atoms with Crippen molar-refractivity contribution >= 4 is 34.8 Å². The Bertz CT molecular complexity index is 843. The Morgan fingerprint density at radius 3 is 2.91 bits per heavy atom. The average molecular weight is 328 g/mol. The molecule has 0 fully saturated rings. The molecule has 116 valence electrons. The number of hydrogen-bond donors (Lipinski definition) is 1. The molecule has 6 heteroatoms. The lowest BCUT2D eigenvalue weighted by Gasteiger charge is -1.97. The first-order valence-corrected chi connectivity index (χ1v) is 7.48. The van der Waals surface area contributed by atoms with Crippen LogP contribution in [-0.2, 0) is 22.5 Å². The van der Waals surface area contributed by atoms with Gasteiger partial charge in [0.1, 0.15) is 5.82 Å². The van der Waals surface area contributed by atoms with Crippen LogP contribution in [0.5, 0.6) is 0 Å². The van der Waals surface area contributed by atoms with Crippen LogP contribution in [0.4, 0.5) is 0 Å². The van der Waals surface area contributed by atoms with Crippen molar-refractivity contribution in [3.8, 4) is 0 Å². The van der Waals surface area contributed by atoms with E-state index in [4.69, 9.17) is 16.4 Å². The van der Waals surface area contributed by atoms with Crippen molar-refractivity contribution in [1.29, 1.82) is 0 Å². The first kappa shape index (κ1) is 15.2. The number of aromatic nitrogens is 2. The van der Waals surface area contributed by atoms with Gasteiger partial charge in [0.15, 0.2) is 0 Å². The molecule has 3 rings (SSSR count). The predicted octanol–water partition coefficient (Wildman–Crippen LogP) is 3.53. The van der Waals surface area contributed by atoms with Gasteiger partial charge in [-0.2, -0.15) is 0 Å². The zero-order valence-corrected chi connectivity index (χ0v) is 13.0. The Hall–Kier alpha value is -2.66. The van der Waals surface area contributed by atoms with Gasteiger partial charge in [0.05, 0.1) is 23.7 Å². The molecule has 3 aromatic rings. The monoisotopic (exact) mass is 327 g/mol. The van der Waals surface area contributed by atoms with Gasteiger partial charge in [0, 0.05) is 11.4 Å². The quantitative estimate of drug-likeness (QED) is 0.443. The maximum Gasteiger partial charge on any atom is 0.339 e. The number of benzene rings is 2. The van der Waals surface area contributed by atoms with Crippen molar-refractivity contribution in [3.63, 3.8) is 0 Å². The van der Waals surface area contributed by atoms with Crippen molar-refractivity contribution in [2.45, 2.75) is 12.8 Å². The van der Waals surface area contributed by atoms with Gasteiger partial charge in [-0.3, -0.25) is 0 Å². The molecule has 1 heterocycles. The van der Waals surface area contributed by atoms with Crippen LogP contribution < -0.4 is 0 Å². The van der Waals surface area contributed by atoms with Crippen LogP contribution in [0.3, 0.4) is 0 Å². The summed E-state index contributed by atoms with van der Waals surface area (Å²) in [5.74, 6) is 0.328. The van der Waals surface area contributed by atoms with Gasteiger partial charge in [-0.05, 0) is 23.8 Å². The summed E-state index contributed by atoms with van der Waals surface area (Å²) in [5.41, 5.74) is 2.59. The number of rotatable bonds is 5. The first-order valence-electron chi connectivity index (χ1n) is 7.10. The minimum Gasteiger partial charge on any atom is -0.342 e. The van der Waals surface area contributed by atoms with Gasteiger partial charge in [-0.25, -0.2) is 9.78 Å².